The van der Waals surface area contributed by atoms with Crippen LogP contribution in [0.5, 0.6) is 0 Å². The Bertz CT molecular complexity index is 791. The largest absolute Gasteiger partial charge is 0.478 e. The summed E-state index contributed by atoms with van der Waals surface area (Å²) < 4.78 is 13.5. The van der Waals surface area contributed by atoms with E-state index in [1.54, 1.807) is 6.07 Å². The highest BCUT2D eigenvalue weighted by atomic mass is 19.1. The predicted octanol–water partition coefficient (Wildman–Crippen LogP) is 2.36. The minimum Gasteiger partial charge on any atom is -0.478 e. The summed E-state index contributed by atoms with van der Waals surface area (Å²) >= 11 is 0. The average molecular weight is 318 g/mol. The second-order valence-electron chi connectivity index (χ2n) is 4.57. The van der Waals surface area contributed by atoms with Crippen molar-refractivity contribution in [2.45, 2.75) is 6.54 Å². The number of nitro groups is 1. The van der Waals surface area contributed by atoms with Gasteiger partial charge < -0.3 is 10.4 Å². The van der Waals surface area contributed by atoms with Crippen molar-refractivity contribution in [3.05, 3.63) is 75.1 Å². The highest BCUT2D eigenvalue weighted by Crippen LogP contribution is 2.18. The molecule has 118 valence electrons. The van der Waals surface area contributed by atoms with Gasteiger partial charge in [0.15, 0.2) is 0 Å². The molecule has 0 aliphatic rings. The van der Waals surface area contributed by atoms with Crippen LogP contribution in [0, 0.1) is 15.9 Å². The first-order valence-electron chi connectivity index (χ1n) is 6.43. The van der Waals surface area contributed by atoms with Crippen LogP contribution in [0.4, 0.5) is 10.1 Å². The zero-order chi connectivity index (χ0) is 17.0. The van der Waals surface area contributed by atoms with Crippen LogP contribution in [-0.2, 0) is 6.54 Å². The van der Waals surface area contributed by atoms with Gasteiger partial charge in [-0.1, -0.05) is 18.2 Å². The van der Waals surface area contributed by atoms with E-state index >= 15 is 0 Å². The number of nitrogens with zero attached hydrogens (tertiary/aromatic N) is 1. The molecule has 0 fully saturated rings. The van der Waals surface area contributed by atoms with Crippen molar-refractivity contribution < 1.29 is 24.0 Å². The molecule has 0 aromatic heterocycles. The summed E-state index contributed by atoms with van der Waals surface area (Å²) in [6, 6.07) is 8.61. The van der Waals surface area contributed by atoms with Crippen LogP contribution < -0.4 is 5.32 Å². The summed E-state index contributed by atoms with van der Waals surface area (Å²) in [7, 11) is 0. The van der Waals surface area contributed by atoms with E-state index in [0.29, 0.717) is 0 Å². The number of non-ortho nitro benzene ring substituents is 1. The van der Waals surface area contributed by atoms with E-state index in [9.17, 15) is 24.1 Å². The number of carboxylic acid groups (broad SMARTS) is 1. The van der Waals surface area contributed by atoms with Crippen LogP contribution in [-0.4, -0.2) is 21.9 Å². The normalized spacial score (nSPS) is 10.1. The molecule has 0 saturated carbocycles. The first kappa shape index (κ1) is 16.1. The van der Waals surface area contributed by atoms with Crippen molar-refractivity contribution in [3.63, 3.8) is 0 Å². The molecule has 0 saturated heterocycles. The van der Waals surface area contributed by atoms with E-state index in [1.807, 2.05) is 0 Å². The monoisotopic (exact) mass is 318 g/mol. The SMILES string of the molecule is O=C(O)c1ccc([N+](=O)[O-])cc1C(=O)NCc1ccccc1F. The lowest BCUT2D eigenvalue weighted by Gasteiger charge is -2.08. The van der Waals surface area contributed by atoms with Gasteiger partial charge in [-0.15, -0.1) is 0 Å². The molecule has 7 nitrogen and oxygen atoms in total. The molecule has 2 aromatic rings. The van der Waals surface area contributed by atoms with Crippen LogP contribution in [0.3, 0.4) is 0 Å². The van der Waals surface area contributed by atoms with E-state index in [-0.39, 0.29) is 23.2 Å². The number of benzene rings is 2. The lowest BCUT2D eigenvalue weighted by atomic mass is 10.1. The molecule has 0 atom stereocenters. The van der Waals surface area contributed by atoms with E-state index < -0.39 is 28.3 Å². The predicted molar refractivity (Wildman–Crippen MR) is 77.6 cm³/mol. The minimum absolute atomic E-state index is 0.173. The molecular weight excluding hydrogens is 307 g/mol. The van der Waals surface area contributed by atoms with Gasteiger partial charge in [0.2, 0.25) is 0 Å². The Morgan fingerprint density at radius 1 is 1.17 bits per heavy atom. The number of hydrogen-bond acceptors (Lipinski definition) is 4. The van der Waals surface area contributed by atoms with E-state index in [2.05, 4.69) is 5.32 Å². The van der Waals surface area contributed by atoms with Gasteiger partial charge in [-0.05, 0) is 12.1 Å². The van der Waals surface area contributed by atoms with Gasteiger partial charge in [0.25, 0.3) is 11.6 Å². The van der Waals surface area contributed by atoms with Gasteiger partial charge in [-0.3, -0.25) is 14.9 Å². The maximum Gasteiger partial charge on any atom is 0.336 e. The summed E-state index contributed by atoms with van der Waals surface area (Å²) in [4.78, 5) is 33.3. The zero-order valence-electron chi connectivity index (χ0n) is 11.7. The van der Waals surface area contributed by atoms with E-state index in [1.165, 1.54) is 18.2 Å². The van der Waals surface area contributed by atoms with Crippen LogP contribution in [0.15, 0.2) is 42.5 Å². The van der Waals surface area contributed by atoms with Crippen molar-refractivity contribution in [3.8, 4) is 0 Å². The quantitative estimate of drug-likeness (QED) is 0.649. The molecule has 0 bridgehead atoms. The first-order chi connectivity index (χ1) is 10.9. The molecule has 8 heteroatoms. The highest BCUT2D eigenvalue weighted by Gasteiger charge is 2.20. The average Bonchev–Trinajstić information content (AvgIpc) is 2.53. The number of nitro benzene ring substituents is 1. The number of hydrogen-bond donors (Lipinski definition) is 2. The summed E-state index contributed by atoms with van der Waals surface area (Å²) in [6.07, 6.45) is 0. The van der Waals surface area contributed by atoms with Crippen LogP contribution in [0.25, 0.3) is 0 Å². The molecule has 23 heavy (non-hydrogen) atoms. The van der Waals surface area contributed by atoms with E-state index in [4.69, 9.17) is 5.11 Å². The fourth-order valence-electron chi connectivity index (χ4n) is 1.93. The van der Waals surface area contributed by atoms with Crippen molar-refractivity contribution >= 4 is 17.6 Å². The molecule has 0 heterocycles. The molecule has 0 radical (unpaired) electrons. The fraction of sp³-hybridized carbons (Fsp3) is 0.0667. The number of nitrogens with one attached hydrogen (secondary N) is 1. The van der Waals surface area contributed by atoms with Crippen molar-refractivity contribution in [1.82, 2.24) is 5.32 Å². The molecule has 2 N–H and O–H groups in total. The zero-order valence-corrected chi connectivity index (χ0v) is 11.7. The van der Waals surface area contributed by atoms with Gasteiger partial charge in [-0.25, -0.2) is 9.18 Å². The number of rotatable bonds is 5. The minimum atomic E-state index is -1.39. The molecule has 0 spiro atoms. The van der Waals surface area contributed by atoms with Crippen LogP contribution in [0.2, 0.25) is 0 Å². The van der Waals surface area contributed by atoms with Crippen LogP contribution in [0.1, 0.15) is 26.3 Å². The third kappa shape index (κ3) is 3.67. The Balaban J connectivity index is 2.27. The summed E-state index contributed by atoms with van der Waals surface area (Å²) in [6.45, 7) is -0.173. The Morgan fingerprint density at radius 3 is 2.48 bits per heavy atom. The standard InChI is InChI=1S/C15H11FN2O5/c16-13-4-2-1-3-9(13)8-17-14(19)12-7-10(18(22)23)5-6-11(12)15(20)21/h1-7H,8H2,(H,17,19)(H,20,21). The van der Waals surface area contributed by atoms with Gasteiger partial charge in [0.1, 0.15) is 5.82 Å². The van der Waals surface area contributed by atoms with Gasteiger partial charge >= 0.3 is 5.97 Å². The highest BCUT2D eigenvalue weighted by molar-refractivity contribution is 6.05. The summed E-state index contributed by atoms with van der Waals surface area (Å²) in [5.74, 6) is -2.75. The molecule has 0 unspecified atom stereocenters. The smallest absolute Gasteiger partial charge is 0.336 e. The number of aromatic carboxylic acids is 1. The van der Waals surface area contributed by atoms with Gasteiger partial charge in [0.05, 0.1) is 16.1 Å². The molecule has 0 aliphatic heterocycles. The van der Waals surface area contributed by atoms with Gasteiger partial charge in [-0.2, -0.15) is 0 Å². The molecule has 0 aliphatic carbocycles. The number of halogens is 1. The topological polar surface area (TPSA) is 110 Å². The van der Waals surface area contributed by atoms with Crippen LogP contribution >= 0.6 is 0 Å². The lowest BCUT2D eigenvalue weighted by Crippen LogP contribution is -2.25. The Kier molecular flexibility index (Phi) is 4.65. The number of carbonyl (C=O) groups is 2. The van der Waals surface area contributed by atoms with Crippen molar-refractivity contribution in [1.29, 1.82) is 0 Å². The maximum atomic E-state index is 13.5. The van der Waals surface area contributed by atoms with E-state index in [0.717, 1.165) is 18.2 Å². The second-order valence-corrected chi connectivity index (χ2v) is 4.57. The third-order valence-corrected chi connectivity index (χ3v) is 3.09. The molecular formula is C15H11FN2O5. The Labute approximate surface area is 129 Å². The van der Waals surface area contributed by atoms with Crippen molar-refractivity contribution in [2.75, 3.05) is 0 Å². The summed E-state index contributed by atoms with van der Waals surface area (Å²) in [5.41, 5.74) is -0.932. The third-order valence-electron chi connectivity index (χ3n) is 3.09. The fourth-order valence-corrected chi connectivity index (χ4v) is 1.93. The number of amides is 1. The molecule has 1 amide bonds. The molecule has 2 rings (SSSR count). The second kappa shape index (κ2) is 6.65. The Morgan fingerprint density at radius 2 is 1.87 bits per heavy atom. The van der Waals surface area contributed by atoms with Crippen molar-refractivity contribution in [2.24, 2.45) is 0 Å². The number of carboxylic acids is 1. The van der Waals surface area contributed by atoms with Gasteiger partial charge in [0, 0.05) is 24.2 Å². The lowest BCUT2D eigenvalue weighted by molar-refractivity contribution is -0.384. The molecule has 2 aromatic carbocycles. The number of carbonyl (C=O) groups excluding carboxylic acids is 1. The Hall–Kier alpha value is -3.29. The first-order valence-corrected chi connectivity index (χ1v) is 6.43. The maximum absolute atomic E-state index is 13.5. The summed E-state index contributed by atoms with van der Waals surface area (Å²) in [5, 5.41) is 22.2.